The molecular weight excluding hydrogens is 352 g/mol. The number of phenolic OH excluding ortho intramolecular Hbond substituents is 1. The number of amides is 1. The lowest BCUT2D eigenvalue weighted by atomic mass is 10.2. The molecular formula is C18H19N4O3S+. The molecule has 3 N–H and O–H groups in total. The van der Waals surface area contributed by atoms with E-state index in [1.807, 2.05) is 35.9 Å². The number of methoxy groups -OCH3 is 1. The molecule has 0 saturated heterocycles. The smallest absolute Gasteiger partial charge is 0.317 e. The standard InChI is InChI=1S/C18H18N4O3S/c1-22-14-6-4-3-5-13(14)20-18(22)26-11-17(24)21-19-10-12-7-8-15(23)16(9-12)25-2/h3-10H,11H2,1-2H3,(H2,19,21,23,24)/p+1. The van der Waals surface area contributed by atoms with Crippen LogP contribution in [0.4, 0.5) is 0 Å². The van der Waals surface area contributed by atoms with Crippen LogP contribution >= 0.6 is 11.8 Å². The maximum Gasteiger partial charge on any atom is 0.317 e. The number of aromatic nitrogens is 2. The highest BCUT2D eigenvalue weighted by Gasteiger charge is 2.16. The fourth-order valence-corrected chi connectivity index (χ4v) is 3.24. The molecule has 1 aromatic heterocycles. The lowest BCUT2D eigenvalue weighted by Crippen LogP contribution is -2.30. The van der Waals surface area contributed by atoms with Crippen LogP contribution in [-0.4, -0.2) is 35.1 Å². The number of para-hydroxylation sites is 2. The molecule has 0 aliphatic carbocycles. The molecule has 1 heterocycles. The monoisotopic (exact) mass is 371 g/mol. The first-order valence-electron chi connectivity index (χ1n) is 7.87. The van der Waals surface area contributed by atoms with E-state index in [9.17, 15) is 9.90 Å². The van der Waals surface area contributed by atoms with Crippen LogP contribution in [0, 0.1) is 0 Å². The summed E-state index contributed by atoms with van der Waals surface area (Å²) in [7, 11) is 3.43. The quantitative estimate of drug-likeness (QED) is 0.267. The number of fused-ring (bicyclic) bond motifs is 1. The first-order valence-corrected chi connectivity index (χ1v) is 8.85. The second kappa shape index (κ2) is 7.92. The lowest BCUT2D eigenvalue weighted by Gasteiger charge is -2.03. The van der Waals surface area contributed by atoms with Gasteiger partial charge >= 0.3 is 5.16 Å². The van der Waals surface area contributed by atoms with E-state index in [0.717, 1.165) is 16.2 Å². The average molecular weight is 371 g/mol. The van der Waals surface area contributed by atoms with Gasteiger partial charge in [0.1, 0.15) is 0 Å². The van der Waals surface area contributed by atoms with Crippen LogP contribution < -0.4 is 14.7 Å². The van der Waals surface area contributed by atoms with Gasteiger partial charge in [0, 0.05) is 0 Å². The van der Waals surface area contributed by atoms with Crippen LogP contribution in [0.5, 0.6) is 11.5 Å². The Bertz CT molecular complexity index is 968. The van der Waals surface area contributed by atoms with E-state index in [1.54, 1.807) is 12.1 Å². The van der Waals surface area contributed by atoms with Crippen molar-refractivity contribution < 1.29 is 19.2 Å². The number of thioether (sulfide) groups is 1. The van der Waals surface area contributed by atoms with E-state index in [-0.39, 0.29) is 17.4 Å². The second-order valence-corrected chi connectivity index (χ2v) is 6.48. The third-order valence-corrected chi connectivity index (χ3v) is 4.81. The van der Waals surface area contributed by atoms with Gasteiger partial charge in [0.2, 0.25) is 0 Å². The van der Waals surface area contributed by atoms with Gasteiger partial charge < -0.3 is 9.84 Å². The molecule has 0 aliphatic rings. The van der Waals surface area contributed by atoms with Crippen LogP contribution in [-0.2, 0) is 11.8 Å². The second-order valence-electron chi connectivity index (χ2n) is 5.52. The zero-order valence-electron chi connectivity index (χ0n) is 14.4. The van der Waals surface area contributed by atoms with E-state index in [2.05, 4.69) is 15.5 Å². The number of phenols is 1. The molecule has 0 atom stereocenters. The summed E-state index contributed by atoms with van der Waals surface area (Å²) in [5.74, 6) is 0.422. The van der Waals surface area contributed by atoms with Crippen LogP contribution in [0.25, 0.3) is 11.0 Å². The highest BCUT2D eigenvalue weighted by Crippen LogP contribution is 2.25. The number of nitrogens with one attached hydrogen (secondary N) is 2. The van der Waals surface area contributed by atoms with E-state index >= 15 is 0 Å². The topological polar surface area (TPSA) is 90.6 Å². The summed E-state index contributed by atoms with van der Waals surface area (Å²) < 4.78 is 7.04. The van der Waals surface area contributed by atoms with Gasteiger partial charge in [-0.3, -0.25) is 4.79 Å². The predicted molar refractivity (Wildman–Crippen MR) is 101 cm³/mol. The summed E-state index contributed by atoms with van der Waals surface area (Å²) in [6.07, 6.45) is 1.49. The van der Waals surface area contributed by atoms with E-state index in [4.69, 9.17) is 4.74 Å². The van der Waals surface area contributed by atoms with Crippen LogP contribution in [0.15, 0.2) is 52.7 Å². The molecule has 134 valence electrons. The lowest BCUT2D eigenvalue weighted by molar-refractivity contribution is -0.683. The number of carbonyl (C=O) groups is 1. The Morgan fingerprint density at radius 3 is 2.96 bits per heavy atom. The number of aromatic amines is 1. The number of nitrogens with zero attached hydrogens (tertiary/aromatic N) is 2. The van der Waals surface area contributed by atoms with Crippen molar-refractivity contribution >= 4 is 34.9 Å². The Morgan fingerprint density at radius 2 is 2.19 bits per heavy atom. The number of carbonyl (C=O) groups excluding carboxylic acids is 1. The number of aryl methyl sites for hydroxylation is 1. The molecule has 7 nitrogen and oxygen atoms in total. The molecule has 3 aromatic rings. The first kappa shape index (κ1) is 17.8. The van der Waals surface area contributed by atoms with Crippen molar-refractivity contribution in [3.8, 4) is 11.5 Å². The summed E-state index contributed by atoms with van der Waals surface area (Å²) in [4.78, 5) is 15.3. The summed E-state index contributed by atoms with van der Waals surface area (Å²) in [5.41, 5.74) is 5.30. The molecule has 0 bridgehead atoms. The largest absolute Gasteiger partial charge is 0.504 e. The molecule has 0 saturated carbocycles. The molecule has 0 spiro atoms. The third kappa shape index (κ3) is 3.97. The van der Waals surface area contributed by atoms with Crippen LogP contribution in [0.1, 0.15) is 5.56 Å². The van der Waals surface area contributed by atoms with Gasteiger partial charge in [-0.05, 0) is 47.7 Å². The predicted octanol–water partition coefficient (Wildman–Crippen LogP) is 1.95. The number of H-pyrrole nitrogens is 1. The number of hydrazone groups is 1. The zero-order valence-corrected chi connectivity index (χ0v) is 15.2. The molecule has 3 rings (SSSR count). The summed E-state index contributed by atoms with van der Waals surface area (Å²) in [6, 6.07) is 12.8. The minimum atomic E-state index is -0.212. The van der Waals surface area contributed by atoms with Crippen molar-refractivity contribution in [2.24, 2.45) is 12.1 Å². The van der Waals surface area contributed by atoms with Crippen molar-refractivity contribution in [3.05, 3.63) is 48.0 Å². The summed E-state index contributed by atoms with van der Waals surface area (Å²) in [6.45, 7) is 0. The fraction of sp³-hybridized carbons (Fsp3) is 0.167. The van der Waals surface area contributed by atoms with Gasteiger partial charge in [0.05, 0.1) is 26.1 Å². The maximum absolute atomic E-state index is 12.0. The number of benzene rings is 2. The average Bonchev–Trinajstić information content (AvgIpc) is 2.97. The number of imidazole rings is 1. The number of aromatic hydroxyl groups is 1. The SMILES string of the molecule is COc1cc(C=NNC(=O)CSc2[nH]c3ccccc3[n+]2C)ccc1O. The number of ether oxygens (including phenoxy) is 1. The summed E-state index contributed by atoms with van der Waals surface area (Å²) >= 11 is 1.40. The molecule has 26 heavy (non-hydrogen) atoms. The van der Waals surface area contributed by atoms with Gasteiger partial charge in [-0.1, -0.05) is 12.1 Å². The van der Waals surface area contributed by atoms with Gasteiger partial charge in [-0.15, -0.1) is 0 Å². The third-order valence-electron chi connectivity index (χ3n) is 3.76. The number of rotatable bonds is 6. The van der Waals surface area contributed by atoms with E-state index in [1.165, 1.54) is 31.2 Å². The van der Waals surface area contributed by atoms with Crippen molar-refractivity contribution in [1.29, 1.82) is 0 Å². The summed E-state index contributed by atoms with van der Waals surface area (Å²) in [5, 5.41) is 14.4. The Hall–Kier alpha value is -3.00. The maximum atomic E-state index is 12.0. The molecule has 0 aliphatic heterocycles. The van der Waals surface area contributed by atoms with Crippen molar-refractivity contribution in [2.45, 2.75) is 5.16 Å². The Morgan fingerprint density at radius 1 is 1.38 bits per heavy atom. The number of hydrogen-bond donors (Lipinski definition) is 3. The molecule has 0 radical (unpaired) electrons. The molecule has 0 unspecified atom stereocenters. The van der Waals surface area contributed by atoms with Crippen molar-refractivity contribution in [1.82, 2.24) is 10.4 Å². The first-order chi connectivity index (χ1) is 12.6. The van der Waals surface area contributed by atoms with Gasteiger partial charge in [0.15, 0.2) is 22.5 Å². The van der Waals surface area contributed by atoms with Crippen molar-refractivity contribution in [3.63, 3.8) is 0 Å². The normalized spacial score (nSPS) is 11.2. The highest BCUT2D eigenvalue weighted by atomic mass is 32.2. The number of hydrogen-bond acceptors (Lipinski definition) is 5. The minimum absolute atomic E-state index is 0.0521. The molecule has 0 fully saturated rings. The van der Waals surface area contributed by atoms with E-state index < -0.39 is 0 Å². The van der Waals surface area contributed by atoms with Crippen LogP contribution in [0.3, 0.4) is 0 Å². The fourth-order valence-electron chi connectivity index (χ4n) is 2.43. The Labute approximate surface area is 154 Å². The highest BCUT2D eigenvalue weighted by molar-refractivity contribution is 7.99. The van der Waals surface area contributed by atoms with E-state index in [0.29, 0.717) is 11.3 Å². The molecule has 8 heteroatoms. The van der Waals surface area contributed by atoms with Crippen molar-refractivity contribution in [2.75, 3.05) is 12.9 Å². The van der Waals surface area contributed by atoms with Gasteiger partial charge in [-0.25, -0.2) is 15.0 Å². The Kier molecular flexibility index (Phi) is 5.43. The zero-order chi connectivity index (χ0) is 18.5. The molecule has 2 aromatic carbocycles. The Balaban J connectivity index is 1.56. The molecule has 1 amide bonds. The van der Waals surface area contributed by atoms with Crippen LogP contribution in [0.2, 0.25) is 0 Å². The minimum Gasteiger partial charge on any atom is -0.504 e. The van der Waals surface area contributed by atoms with Gasteiger partial charge in [0.25, 0.3) is 5.91 Å². The van der Waals surface area contributed by atoms with Gasteiger partial charge in [-0.2, -0.15) is 5.10 Å².